The van der Waals surface area contributed by atoms with E-state index in [0.717, 1.165) is 4.47 Å². The van der Waals surface area contributed by atoms with Crippen LogP contribution in [0.3, 0.4) is 0 Å². The number of benzene rings is 2. The summed E-state index contributed by atoms with van der Waals surface area (Å²) in [5.41, 5.74) is 1.30. The van der Waals surface area contributed by atoms with E-state index in [1.165, 1.54) is 0 Å². The highest BCUT2D eigenvalue weighted by Crippen LogP contribution is 2.29. The molecule has 0 bridgehead atoms. The van der Waals surface area contributed by atoms with Crippen LogP contribution in [0.15, 0.2) is 46.9 Å². The molecule has 1 aliphatic rings. The Bertz CT molecular complexity index is 813. The van der Waals surface area contributed by atoms with Crippen molar-refractivity contribution in [2.45, 2.75) is 6.42 Å². The molecule has 0 spiro atoms. The van der Waals surface area contributed by atoms with Crippen LogP contribution in [0.1, 0.15) is 6.42 Å². The maximum absolute atomic E-state index is 12.4. The molecule has 0 unspecified atom stereocenters. The fraction of sp³-hybridized carbons (Fsp3) is 0.176. The normalized spacial score (nSPS) is 17.2. The summed E-state index contributed by atoms with van der Waals surface area (Å²) in [4.78, 5) is 26.2. The van der Waals surface area contributed by atoms with Gasteiger partial charge in [-0.15, -0.1) is 0 Å². The lowest BCUT2D eigenvalue weighted by molar-refractivity contribution is -0.122. The first-order valence-electron chi connectivity index (χ1n) is 7.26. The molecule has 1 heterocycles. The number of rotatable bonds is 3. The van der Waals surface area contributed by atoms with Gasteiger partial charge in [-0.3, -0.25) is 9.59 Å². The van der Waals surface area contributed by atoms with Crippen molar-refractivity contribution >= 4 is 62.3 Å². The smallest absolute Gasteiger partial charge is 0.229 e. The number of carbonyl (C=O) groups is 2. The molecule has 24 heavy (non-hydrogen) atoms. The van der Waals surface area contributed by atoms with E-state index in [9.17, 15) is 9.59 Å². The Morgan fingerprint density at radius 3 is 2.71 bits per heavy atom. The third-order valence-electron chi connectivity index (χ3n) is 3.80. The molecule has 0 aromatic heterocycles. The molecule has 0 radical (unpaired) electrons. The van der Waals surface area contributed by atoms with Crippen LogP contribution in [0.4, 0.5) is 11.4 Å². The lowest BCUT2D eigenvalue weighted by Crippen LogP contribution is -2.28. The second-order valence-electron chi connectivity index (χ2n) is 5.50. The molecule has 2 aromatic carbocycles. The SMILES string of the molecule is O=C(Nc1ccc(Br)c(Cl)c1)[C@@H]1CC(=O)N(c2cccc(Cl)c2)C1. The molecule has 1 aliphatic heterocycles. The predicted octanol–water partition coefficient (Wildman–Crippen LogP) is 4.75. The first-order valence-corrected chi connectivity index (χ1v) is 8.81. The molecule has 1 N–H and O–H groups in total. The maximum atomic E-state index is 12.4. The number of hydrogen-bond donors (Lipinski definition) is 1. The molecule has 4 nitrogen and oxygen atoms in total. The molecule has 2 amide bonds. The second-order valence-corrected chi connectivity index (χ2v) is 7.20. The molecule has 7 heteroatoms. The summed E-state index contributed by atoms with van der Waals surface area (Å²) >= 11 is 15.3. The van der Waals surface area contributed by atoms with E-state index in [1.54, 1.807) is 47.4 Å². The van der Waals surface area contributed by atoms with Gasteiger partial charge in [-0.1, -0.05) is 29.3 Å². The zero-order valence-corrected chi connectivity index (χ0v) is 15.5. The first-order chi connectivity index (χ1) is 11.4. The van der Waals surface area contributed by atoms with Crippen LogP contribution in [0, 0.1) is 5.92 Å². The van der Waals surface area contributed by atoms with Crippen LogP contribution in [-0.4, -0.2) is 18.4 Å². The van der Waals surface area contributed by atoms with Gasteiger partial charge in [0.15, 0.2) is 0 Å². The van der Waals surface area contributed by atoms with Crippen LogP contribution < -0.4 is 10.2 Å². The summed E-state index contributed by atoms with van der Waals surface area (Å²) in [5, 5.41) is 3.87. The van der Waals surface area contributed by atoms with Crippen molar-refractivity contribution < 1.29 is 9.59 Å². The standard InChI is InChI=1S/C17H13BrCl2N2O2/c18-14-5-4-12(8-15(14)20)21-17(24)10-6-16(23)22(9-10)13-3-1-2-11(19)7-13/h1-5,7-8,10H,6,9H2,(H,21,24)/t10-/m1/s1. The van der Waals surface area contributed by atoms with E-state index in [1.807, 2.05) is 0 Å². The topological polar surface area (TPSA) is 49.4 Å². The summed E-state index contributed by atoms with van der Waals surface area (Å²) in [6.45, 7) is 0.329. The molecule has 124 valence electrons. The van der Waals surface area contributed by atoms with E-state index in [0.29, 0.717) is 28.0 Å². The van der Waals surface area contributed by atoms with Gasteiger partial charge in [0.1, 0.15) is 0 Å². The van der Waals surface area contributed by atoms with E-state index >= 15 is 0 Å². The highest BCUT2D eigenvalue weighted by molar-refractivity contribution is 9.10. The van der Waals surface area contributed by atoms with Gasteiger partial charge >= 0.3 is 0 Å². The number of nitrogens with zero attached hydrogens (tertiary/aromatic N) is 1. The van der Waals surface area contributed by atoms with Gasteiger partial charge in [-0.25, -0.2) is 0 Å². The zero-order chi connectivity index (χ0) is 17.3. The van der Waals surface area contributed by atoms with Gasteiger partial charge in [0.05, 0.1) is 10.9 Å². The Kier molecular flexibility index (Phi) is 5.13. The Labute approximate surface area is 157 Å². The van der Waals surface area contributed by atoms with Crippen LogP contribution in [0.5, 0.6) is 0 Å². The Morgan fingerprint density at radius 2 is 2.00 bits per heavy atom. The molecule has 1 atom stereocenters. The highest BCUT2D eigenvalue weighted by Gasteiger charge is 2.35. The van der Waals surface area contributed by atoms with Crippen LogP contribution in [-0.2, 0) is 9.59 Å². The van der Waals surface area contributed by atoms with Crippen LogP contribution in [0.2, 0.25) is 10.0 Å². The summed E-state index contributed by atoms with van der Waals surface area (Å²) in [5.74, 6) is -0.712. The fourth-order valence-corrected chi connectivity index (χ4v) is 3.21. The maximum Gasteiger partial charge on any atom is 0.229 e. The summed E-state index contributed by atoms with van der Waals surface area (Å²) in [6.07, 6.45) is 0.169. The van der Waals surface area contributed by atoms with Gasteiger partial charge in [0, 0.05) is 33.8 Å². The average Bonchev–Trinajstić information content (AvgIpc) is 2.93. The number of hydrogen-bond acceptors (Lipinski definition) is 2. The molecule has 0 aliphatic carbocycles. The van der Waals surface area contributed by atoms with Crippen molar-refractivity contribution in [2.75, 3.05) is 16.8 Å². The van der Waals surface area contributed by atoms with Crippen molar-refractivity contribution in [3.8, 4) is 0 Å². The van der Waals surface area contributed by atoms with Crippen molar-refractivity contribution in [3.63, 3.8) is 0 Å². The molecule has 3 rings (SSSR count). The van der Waals surface area contributed by atoms with Crippen LogP contribution in [0.25, 0.3) is 0 Å². The van der Waals surface area contributed by atoms with Crippen LogP contribution >= 0.6 is 39.1 Å². The second kappa shape index (κ2) is 7.13. The molecule has 1 fully saturated rings. The summed E-state index contributed by atoms with van der Waals surface area (Å²) in [6, 6.07) is 12.2. The van der Waals surface area contributed by atoms with Crippen molar-refractivity contribution in [3.05, 3.63) is 57.0 Å². The van der Waals surface area contributed by atoms with Gasteiger partial charge in [0.2, 0.25) is 11.8 Å². The van der Waals surface area contributed by atoms with Gasteiger partial charge < -0.3 is 10.2 Å². The minimum atomic E-state index is -0.418. The predicted molar refractivity (Wildman–Crippen MR) is 99.7 cm³/mol. The van der Waals surface area contributed by atoms with Crippen molar-refractivity contribution in [1.29, 1.82) is 0 Å². The lowest BCUT2D eigenvalue weighted by Gasteiger charge is -2.17. The number of amides is 2. The lowest BCUT2D eigenvalue weighted by atomic mass is 10.1. The quantitative estimate of drug-likeness (QED) is 0.768. The Balaban J connectivity index is 1.70. The van der Waals surface area contributed by atoms with Crippen molar-refractivity contribution in [1.82, 2.24) is 0 Å². The molecule has 1 saturated heterocycles. The van der Waals surface area contributed by atoms with E-state index in [2.05, 4.69) is 21.2 Å². The number of anilines is 2. The molecular formula is C17H13BrCl2N2O2. The first kappa shape index (κ1) is 17.3. The third-order valence-corrected chi connectivity index (χ3v) is 5.27. The average molecular weight is 428 g/mol. The zero-order valence-electron chi connectivity index (χ0n) is 12.4. The Morgan fingerprint density at radius 1 is 1.21 bits per heavy atom. The summed E-state index contributed by atoms with van der Waals surface area (Å²) < 4.78 is 0.755. The minimum Gasteiger partial charge on any atom is -0.326 e. The molecule has 2 aromatic rings. The molecule has 0 saturated carbocycles. The van der Waals surface area contributed by atoms with E-state index in [4.69, 9.17) is 23.2 Å². The fourth-order valence-electron chi connectivity index (χ4n) is 2.59. The summed E-state index contributed by atoms with van der Waals surface area (Å²) in [7, 11) is 0. The van der Waals surface area contributed by atoms with E-state index in [-0.39, 0.29) is 18.2 Å². The number of nitrogens with one attached hydrogen (secondary N) is 1. The highest BCUT2D eigenvalue weighted by atomic mass is 79.9. The van der Waals surface area contributed by atoms with Gasteiger partial charge in [-0.05, 0) is 52.3 Å². The largest absolute Gasteiger partial charge is 0.326 e. The Hall–Kier alpha value is -1.56. The van der Waals surface area contributed by atoms with Crippen molar-refractivity contribution in [2.24, 2.45) is 5.92 Å². The molecular weight excluding hydrogens is 415 g/mol. The van der Waals surface area contributed by atoms with Gasteiger partial charge in [-0.2, -0.15) is 0 Å². The number of carbonyl (C=O) groups excluding carboxylic acids is 2. The number of halogens is 3. The van der Waals surface area contributed by atoms with E-state index < -0.39 is 5.92 Å². The minimum absolute atomic E-state index is 0.0914. The van der Waals surface area contributed by atoms with Gasteiger partial charge in [0.25, 0.3) is 0 Å². The monoisotopic (exact) mass is 426 g/mol. The third kappa shape index (κ3) is 3.74.